The van der Waals surface area contributed by atoms with Crippen molar-refractivity contribution in [1.82, 2.24) is 19.5 Å². The van der Waals surface area contributed by atoms with E-state index < -0.39 is 10.0 Å². The molecule has 1 aliphatic heterocycles. The summed E-state index contributed by atoms with van der Waals surface area (Å²) in [6.07, 6.45) is 4.09. The van der Waals surface area contributed by atoms with Crippen molar-refractivity contribution in [2.75, 3.05) is 6.54 Å². The first-order valence-corrected chi connectivity index (χ1v) is 9.95. The topological polar surface area (TPSA) is 79.0 Å². The van der Waals surface area contributed by atoms with Gasteiger partial charge < -0.3 is 0 Å². The van der Waals surface area contributed by atoms with Gasteiger partial charge >= 0.3 is 0 Å². The summed E-state index contributed by atoms with van der Waals surface area (Å²) in [5, 5.41) is 6.87. The molecule has 26 heavy (non-hydrogen) atoms. The highest BCUT2D eigenvalue weighted by Gasteiger charge is 2.39. The first-order valence-electron chi connectivity index (χ1n) is 8.51. The molecule has 0 saturated heterocycles. The van der Waals surface area contributed by atoms with Crippen LogP contribution in [0.4, 0.5) is 0 Å². The van der Waals surface area contributed by atoms with Gasteiger partial charge in [0.05, 0.1) is 17.4 Å². The summed E-state index contributed by atoms with van der Waals surface area (Å²) < 4.78 is 28.7. The van der Waals surface area contributed by atoms with Gasteiger partial charge in [0.2, 0.25) is 10.0 Å². The van der Waals surface area contributed by atoms with E-state index in [1.165, 1.54) is 5.56 Å². The molecule has 0 amide bonds. The third-order valence-electron chi connectivity index (χ3n) is 4.89. The molecule has 3 aromatic rings. The molecule has 134 valence electrons. The molecular formula is C19H20N4O2S. The van der Waals surface area contributed by atoms with E-state index in [4.69, 9.17) is 0 Å². The van der Waals surface area contributed by atoms with Crippen LogP contribution in [-0.2, 0) is 16.4 Å². The molecule has 0 spiro atoms. The second-order valence-corrected chi connectivity index (χ2v) is 8.34. The van der Waals surface area contributed by atoms with Crippen molar-refractivity contribution in [2.24, 2.45) is 0 Å². The minimum absolute atomic E-state index is 0.274. The summed E-state index contributed by atoms with van der Waals surface area (Å²) in [7, 11) is -3.70. The van der Waals surface area contributed by atoms with Crippen LogP contribution in [0, 0.1) is 13.8 Å². The van der Waals surface area contributed by atoms with E-state index in [0.717, 1.165) is 11.1 Å². The summed E-state index contributed by atoms with van der Waals surface area (Å²) in [6, 6.07) is 11.4. The summed E-state index contributed by atoms with van der Waals surface area (Å²) >= 11 is 0. The van der Waals surface area contributed by atoms with Gasteiger partial charge in [-0.15, -0.1) is 0 Å². The van der Waals surface area contributed by atoms with Crippen LogP contribution < -0.4 is 0 Å². The van der Waals surface area contributed by atoms with Crippen LogP contribution in [0.15, 0.2) is 53.7 Å². The molecule has 1 aromatic carbocycles. The van der Waals surface area contributed by atoms with Gasteiger partial charge in [0, 0.05) is 18.9 Å². The van der Waals surface area contributed by atoms with Crippen molar-refractivity contribution in [3.8, 4) is 0 Å². The van der Waals surface area contributed by atoms with E-state index >= 15 is 0 Å². The Hall–Kier alpha value is -2.51. The van der Waals surface area contributed by atoms with Gasteiger partial charge in [-0.3, -0.25) is 10.1 Å². The molecule has 0 aliphatic carbocycles. The first kappa shape index (κ1) is 16.9. The Morgan fingerprint density at radius 1 is 1.12 bits per heavy atom. The number of benzene rings is 1. The predicted octanol–water partition coefficient (Wildman–Crippen LogP) is 2.76. The number of sulfonamides is 1. The molecule has 1 aliphatic rings. The SMILES string of the molecule is Cc1n[nH]c(C)c1S(=O)(=O)N1CCc2ccccc2C1c1ccncc1. The molecular weight excluding hydrogens is 348 g/mol. The number of nitrogens with one attached hydrogen (secondary N) is 1. The van der Waals surface area contributed by atoms with E-state index in [1.54, 1.807) is 30.5 Å². The normalized spacial score (nSPS) is 17.8. The van der Waals surface area contributed by atoms with Crippen molar-refractivity contribution in [2.45, 2.75) is 31.2 Å². The molecule has 6 nitrogen and oxygen atoms in total. The molecule has 1 N–H and O–H groups in total. The van der Waals surface area contributed by atoms with Crippen molar-refractivity contribution in [3.05, 3.63) is 76.9 Å². The number of nitrogens with zero attached hydrogens (tertiary/aromatic N) is 3. The van der Waals surface area contributed by atoms with Gasteiger partial charge in [0.1, 0.15) is 4.90 Å². The van der Waals surface area contributed by atoms with E-state index in [0.29, 0.717) is 24.4 Å². The molecule has 4 rings (SSSR count). The summed E-state index contributed by atoms with van der Waals surface area (Å²) in [4.78, 5) is 4.35. The van der Waals surface area contributed by atoms with Crippen LogP contribution in [0.1, 0.15) is 34.1 Å². The molecule has 0 bridgehead atoms. The Balaban J connectivity index is 1.91. The number of fused-ring (bicyclic) bond motifs is 1. The van der Waals surface area contributed by atoms with Crippen LogP contribution in [0.25, 0.3) is 0 Å². The van der Waals surface area contributed by atoms with Crippen LogP contribution >= 0.6 is 0 Å². The van der Waals surface area contributed by atoms with Gasteiger partial charge in [-0.05, 0) is 49.1 Å². The lowest BCUT2D eigenvalue weighted by molar-refractivity contribution is 0.343. The summed E-state index contributed by atoms with van der Waals surface area (Å²) in [5.41, 5.74) is 4.17. The summed E-state index contributed by atoms with van der Waals surface area (Å²) in [5.74, 6) is 0. The maximum absolute atomic E-state index is 13.5. The second kappa shape index (κ2) is 6.34. The molecule has 0 saturated carbocycles. The average Bonchev–Trinajstić information content (AvgIpc) is 3.00. The Morgan fingerprint density at radius 3 is 2.54 bits per heavy atom. The van der Waals surface area contributed by atoms with Crippen LogP contribution in [0.5, 0.6) is 0 Å². The zero-order valence-corrected chi connectivity index (χ0v) is 15.5. The molecule has 7 heteroatoms. The number of aromatic nitrogens is 3. The second-order valence-electron chi connectivity index (χ2n) is 6.51. The molecule has 1 atom stereocenters. The number of aromatic amines is 1. The smallest absolute Gasteiger partial charge is 0.247 e. The Morgan fingerprint density at radius 2 is 1.85 bits per heavy atom. The maximum Gasteiger partial charge on any atom is 0.247 e. The van der Waals surface area contributed by atoms with Crippen molar-refractivity contribution in [3.63, 3.8) is 0 Å². The predicted molar refractivity (Wildman–Crippen MR) is 98.2 cm³/mol. The average molecular weight is 368 g/mol. The fourth-order valence-electron chi connectivity index (χ4n) is 3.73. The van der Waals surface area contributed by atoms with Crippen molar-refractivity contribution in [1.29, 1.82) is 0 Å². The van der Waals surface area contributed by atoms with Gasteiger partial charge in [0.25, 0.3) is 0 Å². The highest BCUT2D eigenvalue weighted by Crippen LogP contribution is 2.39. The zero-order chi connectivity index (χ0) is 18.3. The Kier molecular flexibility index (Phi) is 4.13. The molecule has 0 fully saturated rings. The van der Waals surface area contributed by atoms with Crippen molar-refractivity contribution < 1.29 is 8.42 Å². The number of H-pyrrole nitrogens is 1. The number of hydrogen-bond acceptors (Lipinski definition) is 4. The lowest BCUT2D eigenvalue weighted by Gasteiger charge is -2.36. The fraction of sp³-hybridized carbons (Fsp3) is 0.263. The largest absolute Gasteiger partial charge is 0.281 e. The van der Waals surface area contributed by atoms with Crippen molar-refractivity contribution >= 4 is 10.0 Å². The van der Waals surface area contributed by atoms with Crippen LogP contribution in [-0.4, -0.2) is 34.4 Å². The summed E-state index contributed by atoms with van der Waals surface area (Å²) in [6.45, 7) is 3.89. The molecule has 3 heterocycles. The third kappa shape index (κ3) is 2.64. The van der Waals surface area contributed by atoms with E-state index in [9.17, 15) is 8.42 Å². The van der Waals surface area contributed by atoms with E-state index in [2.05, 4.69) is 21.2 Å². The number of rotatable bonds is 3. The van der Waals surface area contributed by atoms with E-state index in [-0.39, 0.29) is 10.9 Å². The monoisotopic (exact) mass is 368 g/mol. The zero-order valence-electron chi connectivity index (χ0n) is 14.7. The lowest BCUT2D eigenvalue weighted by atomic mass is 9.90. The van der Waals surface area contributed by atoms with Crippen LogP contribution in [0.3, 0.4) is 0 Å². The standard InChI is InChI=1S/C19H20N4O2S/c1-13-19(14(2)22-21-13)26(24,25)23-12-9-15-5-3-4-6-17(15)18(23)16-7-10-20-11-8-16/h3-8,10-11,18H,9,12H2,1-2H3,(H,21,22). The highest BCUT2D eigenvalue weighted by atomic mass is 32.2. The minimum atomic E-state index is -3.70. The highest BCUT2D eigenvalue weighted by molar-refractivity contribution is 7.89. The van der Waals surface area contributed by atoms with Gasteiger partial charge in [-0.1, -0.05) is 24.3 Å². The van der Waals surface area contributed by atoms with Crippen LogP contribution in [0.2, 0.25) is 0 Å². The lowest BCUT2D eigenvalue weighted by Crippen LogP contribution is -2.40. The quantitative estimate of drug-likeness (QED) is 0.771. The molecule has 2 aromatic heterocycles. The third-order valence-corrected chi connectivity index (χ3v) is 7.02. The molecule has 1 unspecified atom stereocenters. The number of pyridine rings is 1. The Labute approximate surface area is 153 Å². The minimum Gasteiger partial charge on any atom is -0.281 e. The Bertz CT molecular complexity index is 1020. The first-order chi connectivity index (χ1) is 12.5. The van der Waals surface area contributed by atoms with Gasteiger partial charge in [0.15, 0.2) is 0 Å². The van der Waals surface area contributed by atoms with Gasteiger partial charge in [-0.25, -0.2) is 8.42 Å². The van der Waals surface area contributed by atoms with E-state index in [1.807, 2.05) is 30.3 Å². The number of aryl methyl sites for hydroxylation is 2. The van der Waals surface area contributed by atoms with Gasteiger partial charge in [-0.2, -0.15) is 9.40 Å². The maximum atomic E-state index is 13.5. The molecule has 0 radical (unpaired) electrons. The number of hydrogen-bond donors (Lipinski definition) is 1. The fourth-order valence-corrected chi connectivity index (χ4v) is 5.66.